The molecule has 2 aliphatic heterocycles. The van der Waals surface area contributed by atoms with Gasteiger partial charge in [-0.05, 0) is 36.6 Å². The lowest BCUT2D eigenvalue weighted by Crippen LogP contribution is -2.52. The Bertz CT molecular complexity index is 1320. The first-order valence-electron chi connectivity index (χ1n) is 14.4. The fourth-order valence-electron chi connectivity index (χ4n) is 5.52. The zero-order valence-corrected chi connectivity index (χ0v) is 25.3. The summed E-state index contributed by atoms with van der Waals surface area (Å²) in [5, 5.41) is 37.0. The van der Waals surface area contributed by atoms with Crippen LogP contribution < -0.4 is 15.0 Å². The number of ether oxygens (including phenoxy) is 2. The molecular formula is C31H40FN3O10. The Morgan fingerprint density at radius 3 is 2.02 bits per heavy atom. The average Bonchev–Trinajstić information content (AvgIpc) is 2.98. The van der Waals surface area contributed by atoms with Crippen molar-refractivity contribution in [3.63, 3.8) is 0 Å². The first kappa shape index (κ1) is 35.2. The Labute approximate surface area is 260 Å². The van der Waals surface area contributed by atoms with Gasteiger partial charge in [0.15, 0.2) is 5.60 Å². The van der Waals surface area contributed by atoms with E-state index in [4.69, 9.17) is 29.9 Å². The molecule has 45 heavy (non-hydrogen) atoms. The van der Waals surface area contributed by atoms with Crippen LogP contribution in [-0.2, 0) is 36.0 Å². The van der Waals surface area contributed by atoms with Crippen LogP contribution in [0.2, 0.25) is 0 Å². The monoisotopic (exact) mass is 633 g/mol. The summed E-state index contributed by atoms with van der Waals surface area (Å²) < 4.78 is 24.6. The molecule has 0 atom stereocenters. The Morgan fingerprint density at radius 2 is 1.53 bits per heavy atom. The van der Waals surface area contributed by atoms with E-state index in [2.05, 4.69) is 33.3 Å². The first-order chi connectivity index (χ1) is 21.3. The number of nitrogens with one attached hydrogen (secondary N) is 1. The molecule has 0 radical (unpaired) electrons. The highest BCUT2D eigenvalue weighted by molar-refractivity contribution is 5.88. The highest BCUT2D eigenvalue weighted by atomic mass is 19.1. The molecule has 0 saturated carbocycles. The number of halogens is 1. The quantitative estimate of drug-likeness (QED) is 0.243. The maximum absolute atomic E-state index is 13.4. The van der Waals surface area contributed by atoms with E-state index < -0.39 is 41.9 Å². The van der Waals surface area contributed by atoms with Crippen molar-refractivity contribution in [3.05, 3.63) is 59.4 Å². The molecule has 0 bridgehead atoms. The lowest BCUT2D eigenvalue weighted by molar-refractivity contribution is -0.170. The summed E-state index contributed by atoms with van der Waals surface area (Å²) in [6.45, 7) is 7.26. The minimum atomic E-state index is -2.74. The van der Waals surface area contributed by atoms with Crippen LogP contribution >= 0.6 is 0 Å². The molecule has 2 saturated heterocycles. The van der Waals surface area contributed by atoms with E-state index in [1.165, 1.54) is 12.1 Å². The molecule has 1 amide bonds. The van der Waals surface area contributed by atoms with E-state index in [0.29, 0.717) is 0 Å². The molecule has 13 nitrogen and oxygen atoms in total. The molecule has 14 heteroatoms. The summed E-state index contributed by atoms with van der Waals surface area (Å²) in [5.74, 6) is -4.46. The molecule has 0 aromatic heterocycles. The maximum Gasteiger partial charge on any atom is 0.336 e. The van der Waals surface area contributed by atoms with E-state index in [-0.39, 0.29) is 11.7 Å². The number of hydrogen-bond acceptors (Lipinski definition) is 9. The average molecular weight is 634 g/mol. The number of carbonyl (C=O) groups is 4. The summed E-state index contributed by atoms with van der Waals surface area (Å²) in [6, 6.07) is 12.9. The van der Waals surface area contributed by atoms with Crippen LogP contribution in [0.25, 0.3) is 0 Å². The van der Waals surface area contributed by atoms with Gasteiger partial charge in [0.05, 0.1) is 38.7 Å². The second-order valence-corrected chi connectivity index (χ2v) is 11.1. The van der Waals surface area contributed by atoms with Crippen molar-refractivity contribution in [2.24, 2.45) is 0 Å². The fraction of sp³-hybridized carbons (Fsp3) is 0.484. The number of rotatable bonds is 11. The maximum atomic E-state index is 13.4. The van der Waals surface area contributed by atoms with E-state index in [1.807, 2.05) is 0 Å². The molecule has 4 rings (SSSR count). The van der Waals surface area contributed by atoms with Gasteiger partial charge in [0.1, 0.15) is 11.6 Å². The summed E-state index contributed by atoms with van der Waals surface area (Å²) in [4.78, 5) is 47.1. The third kappa shape index (κ3) is 9.86. The fourth-order valence-corrected chi connectivity index (χ4v) is 5.52. The Morgan fingerprint density at radius 1 is 0.956 bits per heavy atom. The number of amides is 1. The van der Waals surface area contributed by atoms with Gasteiger partial charge < -0.3 is 40.1 Å². The van der Waals surface area contributed by atoms with Crippen LogP contribution in [0.15, 0.2) is 42.5 Å². The minimum absolute atomic E-state index is 0.0665. The van der Waals surface area contributed by atoms with E-state index in [0.717, 1.165) is 81.3 Å². The Hall–Kier alpha value is -4.27. The van der Waals surface area contributed by atoms with E-state index in [1.54, 1.807) is 26.2 Å². The third-order valence-electron chi connectivity index (χ3n) is 7.85. The summed E-state index contributed by atoms with van der Waals surface area (Å²) in [5.41, 5.74) is 0.0749. The Balaban J connectivity index is 0.000000360. The first-order valence-corrected chi connectivity index (χ1v) is 14.4. The minimum Gasteiger partial charge on any atom is -0.496 e. The van der Waals surface area contributed by atoms with Gasteiger partial charge in [-0.2, -0.15) is 0 Å². The van der Waals surface area contributed by atoms with Gasteiger partial charge in [-0.1, -0.05) is 18.2 Å². The number of morpholine rings is 1. The summed E-state index contributed by atoms with van der Waals surface area (Å²) in [6.07, 6.45) is -0.748. The number of carbonyl (C=O) groups excluding carboxylic acids is 1. The second kappa shape index (κ2) is 15.6. The normalized spacial score (nSPS) is 16.6. The van der Waals surface area contributed by atoms with Crippen LogP contribution in [0.3, 0.4) is 0 Å². The zero-order valence-electron chi connectivity index (χ0n) is 25.3. The van der Waals surface area contributed by atoms with Crippen LogP contribution in [0.4, 0.5) is 10.1 Å². The number of piperidine rings is 1. The highest BCUT2D eigenvalue weighted by Gasteiger charge is 2.41. The SMILES string of the molecule is COc1cc(N2CCOCC2)ccc1CN1CCC(NC(C)=O)(c2ccc(F)cc2)CC1.O=C(O)CC(O)(CC(=O)O)C(=O)O. The number of hydrogen-bond donors (Lipinski definition) is 5. The van der Waals surface area contributed by atoms with Crippen molar-refractivity contribution in [2.45, 2.75) is 50.3 Å². The zero-order chi connectivity index (χ0) is 33.2. The molecule has 0 spiro atoms. The number of anilines is 1. The molecule has 0 unspecified atom stereocenters. The summed E-state index contributed by atoms with van der Waals surface area (Å²) in [7, 11) is 1.72. The van der Waals surface area contributed by atoms with Crippen molar-refractivity contribution in [1.82, 2.24) is 10.2 Å². The van der Waals surface area contributed by atoms with E-state index in [9.17, 15) is 23.6 Å². The predicted octanol–water partition coefficient (Wildman–Crippen LogP) is 2.05. The smallest absolute Gasteiger partial charge is 0.336 e. The molecule has 2 heterocycles. The summed E-state index contributed by atoms with van der Waals surface area (Å²) >= 11 is 0. The van der Waals surface area contributed by atoms with Gasteiger partial charge in [0.25, 0.3) is 0 Å². The van der Waals surface area contributed by atoms with Crippen LogP contribution in [0, 0.1) is 5.82 Å². The van der Waals surface area contributed by atoms with Crippen LogP contribution in [-0.4, -0.2) is 101 Å². The number of carboxylic acids is 3. The number of aliphatic carboxylic acids is 3. The van der Waals surface area contributed by atoms with Crippen molar-refractivity contribution in [3.8, 4) is 5.75 Å². The second-order valence-electron chi connectivity index (χ2n) is 11.1. The largest absolute Gasteiger partial charge is 0.496 e. The molecule has 2 aromatic rings. The lowest BCUT2D eigenvalue weighted by atomic mass is 9.80. The van der Waals surface area contributed by atoms with Gasteiger partial charge >= 0.3 is 17.9 Å². The number of benzene rings is 2. The van der Waals surface area contributed by atoms with Crippen molar-refractivity contribution in [1.29, 1.82) is 0 Å². The topological polar surface area (TPSA) is 186 Å². The van der Waals surface area contributed by atoms with Gasteiger partial charge in [-0.3, -0.25) is 19.3 Å². The number of nitrogens with zero attached hydrogens (tertiary/aromatic N) is 2. The third-order valence-corrected chi connectivity index (χ3v) is 7.85. The van der Waals surface area contributed by atoms with Gasteiger partial charge in [0.2, 0.25) is 5.91 Å². The number of methoxy groups -OCH3 is 1. The van der Waals surface area contributed by atoms with Crippen LogP contribution in [0.5, 0.6) is 5.75 Å². The molecule has 246 valence electrons. The number of carboxylic acid groups (broad SMARTS) is 3. The lowest BCUT2D eigenvalue weighted by Gasteiger charge is -2.43. The van der Waals surface area contributed by atoms with Gasteiger partial charge in [0, 0.05) is 57.0 Å². The molecule has 2 aliphatic rings. The standard InChI is InChI=1S/C25H32FN3O3.C6H8O7/c1-19(30)27-25(21-4-6-22(26)7-5-21)9-11-28(12-10-25)18-20-3-8-23(17-24(20)31-2)29-13-15-32-16-14-29;7-3(8)1-6(13,5(11)12)2-4(9)10/h3-8,17H,9-16,18H2,1-2H3,(H,27,30);13H,1-2H2,(H,7,8)(H,9,10)(H,11,12). The van der Waals surface area contributed by atoms with E-state index >= 15 is 0 Å². The number of aliphatic hydroxyl groups is 1. The predicted molar refractivity (Wildman–Crippen MR) is 160 cm³/mol. The van der Waals surface area contributed by atoms with Crippen molar-refractivity contribution >= 4 is 29.5 Å². The van der Waals surface area contributed by atoms with Crippen molar-refractivity contribution in [2.75, 3.05) is 51.4 Å². The molecule has 0 aliphatic carbocycles. The molecule has 5 N–H and O–H groups in total. The van der Waals surface area contributed by atoms with Gasteiger partial charge in [-0.15, -0.1) is 0 Å². The number of likely N-dealkylation sites (tertiary alicyclic amines) is 1. The Kier molecular flexibility index (Phi) is 12.2. The highest BCUT2D eigenvalue weighted by Crippen LogP contribution is 2.35. The van der Waals surface area contributed by atoms with Crippen molar-refractivity contribution < 1.29 is 53.5 Å². The van der Waals surface area contributed by atoms with Crippen LogP contribution in [0.1, 0.15) is 43.7 Å². The molecule has 2 aromatic carbocycles. The molecular weight excluding hydrogens is 593 g/mol. The molecule has 2 fully saturated rings. The van der Waals surface area contributed by atoms with Gasteiger partial charge in [-0.25, -0.2) is 9.18 Å².